The second-order valence-corrected chi connectivity index (χ2v) is 5.17. The van der Waals surface area contributed by atoms with E-state index in [1.165, 1.54) is 6.42 Å². The van der Waals surface area contributed by atoms with Crippen molar-refractivity contribution in [3.05, 3.63) is 33.8 Å². The summed E-state index contributed by atoms with van der Waals surface area (Å²) in [5.41, 5.74) is 1.13. The third-order valence-electron chi connectivity index (χ3n) is 1.08. The van der Waals surface area contributed by atoms with E-state index < -0.39 is 0 Å². The van der Waals surface area contributed by atoms with E-state index in [0.717, 1.165) is 11.5 Å². The number of benzene rings is 1. The Morgan fingerprint density at radius 1 is 1.00 bits per heavy atom. The highest BCUT2D eigenvalue weighted by Crippen LogP contribution is 2.21. The zero-order valence-electron chi connectivity index (χ0n) is 11.3. The molecule has 0 heterocycles. The number of aryl methyl sites for hydroxylation is 1. The van der Waals surface area contributed by atoms with Crippen LogP contribution in [-0.2, 0) is 0 Å². The lowest BCUT2D eigenvalue weighted by molar-refractivity contribution is 0.737. The highest BCUT2D eigenvalue weighted by molar-refractivity contribution is 6.41. The van der Waals surface area contributed by atoms with Crippen LogP contribution >= 0.6 is 23.2 Å². The Morgan fingerprint density at radius 3 is 1.59 bits per heavy atom. The largest absolute Gasteiger partial charge is 0.0827 e. The zero-order valence-corrected chi connectivity index (χ0v) is 12.8. The smallest absolute Gasteiger partial charge is 0.0594 e. The van der Waals surface area contributed by atoms with Gasteiger partial charge in [-0.1, -0.05) is 77.7 Å². The molecule has 0 radical (unpaired) electrons. The second-order valence-electron chi connectivity index (χ2n) is 4.36. The van der Waals surface area contributed by atoms with E-state index >= 15 is 0 Å². The minimum absolute atomic E-state index is 0. The van der Waals surface area contributed by atoms with Gasteiger partial charge in [0.05, 0.1) is 10.0 Å². The number of halogens is 2. The molecule has 0 unspecified atom stereocenters. The first-order valence-corrected chi connectivity index (χ1v) is 6.52. The van der Waals surface area contributed by atoms with Gasteiger partial charge in [0.1, 0.15) is 0 Å². The van der Waals surface area contributed by atoms with E-state index in [1.54, 1.807) is 6.07 Å². The Bertz CT molecular complexity index is 265. The lowest BCUT2D eigenvalue weighted by atomic mass is 10.2. The molecule has 0 aliphatic carbocycles. The molecule has 0 amide bonds. The lowest BCUT2D eigenvalue weighted by Crippen LogP contribution is -1.70. The van der Waals surface area contributed by atoms with Crippen molar-refractivity contribution < 1.29 is 0 Å². The zero-order chi connectivity index (χ0) is 13.1. The van der Waals surface area contributed by atoms with Gasteiger partial charge < -0.3 is 0 Å². The quantitative estimate of drug-likeness (QED) is 0.478. The molecule has 0 saturated carbocycles. The SMILES string of the molecule is C.CC(C)C.CCC.Cc1ccc(Cl)c(Cl)c1. The van der Waals surface area contributed by atoms with Crippen LogP contribution in [0.4, 0.5) is 0 Å². The summed E-state index contributed by atoms with van der Waals surface area (Å²) in [6.45, 7) is 12.7. The van der Waals surface area contributed by atoms with Crippen molar-refractivity contribution in [1.82, 2.24) is 0 Å². The average Bonchev–Trinajstić information content (AvgIpc) is 2.12. The fourth-order valence-electron chi connectivity index (χ4n) is 0.601. The molecule has 1 aromatic carbocycles. The summed E-state index contributed by atoms with van der Waals surface area (Å²) in [7, 11) is 0. The Hall–Kier alpha value is -0.200. The number of hydrogen-bond acceptors (Lipinski definition) is 0. The first-order chi connectivity index (χ1) is 7.34. The molecule has 1 rings (SSSR count). The molecule has 0 atom stereocenters. The molecular weight excluding hydrogens is 251 g/mol. The van der Waals surface area contributed by atoms with Gasteiger partial charge in [0.15, 0.2) is 0 Å². The molecule has 0 aliphatic rings. The van der Waals surface area contributed by atoms with Gasteiger partial charge in [-0.2, -0.15) is 0 Å². The van der Waals surface area contributed by atoms with Crippen molar-refractivity contribution in [2.45, 2.75) is 55.4 Å². The Labute approximate surface area is 118 Å². The van der Waals surface area contributed by atoms with Crippen molar-refractivity contribution in [3.63, 3.8) is 0 Å². The second kappa shape index (κ2) is 13.9. The molecule has 0 bridgehead atoms. The number of rotatable bonds is 0. The van der Waals surface area contributed by atoms with Gasteiger partial charge in [0.2, 0.25) is 0 Å². The summed E-state index contributed by atoms with van der Waals surface area (Å²) in [4.78, 5) is 0. The van der Waals surface area contributed by atoms with Crippen LogP contribution in [0.15, 0.2) is 18.2 Å². The van der Waals surface area contributed by atoms with Crippen LogP contribution in [0.1, 0.15) is 54.0 Å². The molecule has 0 saturated heterocycles. The van der Waals surface area contributed by atoms with Gasteiger partial charge in [0, 0.05) is 0 Å². The van der Waals surface area contributed by atoms with Crippen molar-refractivity contribution >= 4 is 23.2 Å². The van der Waals surface area contributed by atoms with Crippen molar-refractivity contribution in [3.8, 4) is 0 Å². The molecular formula is C15H28Cl2. The van der Waals surface area contributed by atoms with E-state index in [2.05, 4.69) is 34.6 Å². The average molecular weight is 279 g/mol. The summed E-state index contributed by atoms with van der Waals surface area (Å²) < 4.78 is 0. The topological polar surface area (TPSA) is 0 Å². The maximum Gasteiger partial charge on any atom is 0.0594 e. The Balaban J connectivity index is -0.000000210. The van der Waals surface area contributed by atoms with Gasteiger partial charge in [-0.25, -0.2) is 0 Å². The summed E-state index contributed by atoms with van der Waals surface area (Å²) in [6.07, 6.45) is 1.25. The highest BCUT2D eigenvalue weighted by atomic mass is 35.5. The van der Waals surface area contributed by atoms with E-state index in [0.29, 0.717) is 10.0 Å². The Morgan fingerprint density at radius 2 is 1.35 bits per heavy atom. The minimum Gasteiger partial charge on any atom is -0.0827 e. The van der Waals surface area contributed by atoms with Crippen LogP contribution in [0.3, 0.4) is 0 Å². The molecule has 0 N–H and O–H groups in total. The van der Waals surface area contributed by atoms with Gasteiger partial charge in [-0.05, 0) is 30.5 Å². The highest BCUT2D eigenvalue weighted by Gasteiger charge is 1.93. The van der Waals surface area contributed by atoms with Crippen LogP contribution in [-0.4, -0.2) is 0 Å². The standard InChI is InChI=1S/C7H6Cl2.C4H10.C3H8.CH4/c1-5-2-3-6(8)7(9)4-5;1-4(2)3;1-3-2;/h2-4H,1H3;4H,1-3H3;3H2,1-2H3;1H4. The summed E-state index contributed by atoms with van der Waals surface area (Å²) in [5, 5.41) is 1.24. The summed E-state index contributed by atoms with van der Waals surface area (Å²) in [6, 6.07) is 5.55. The summed E-state index contributed by atoms with van der Waals surface area (Å²) >= 11 is 11.3. The van der Waals surface area contributed by atoms with Crippen molar-refractivity contribution in [1.29, 1.82) is 0 Å². The molecule has 0 aromatic heterocycles. The third-order valence-corrected chi connectivity index (χ3v) is 1.81. The monoisotopic (exact) mass is 278 g/mol. The van der Waals surface area contributed by atoms with Crippen LogP contribution in [0.25, 0.3) is 0 Å². The molecule has 0 aliphatic heterocycles. The normalized spacial score (nSPS) is 8.29. The fourth-order valence-corrected chi connectivity index (χ4v) is 0.954. The summed E-state index contributed by atoms with van der Waals surface area (Å²) in [5.74, 6) is 0.833. The van der Waals surface area contributed by atoms with Crippen LogP contribution in [0.5, 0.6) is 0 Å². The van der Waals surface area contributed by atoms with Crippen LogP contribution in [0, 0.1) is 12.8 Å². The van der Waals surface area contributed by atoms with Gasteiger partial charge in [0.25, 0.3) is 0 Å². The van der Waals surface area contributed by atoms with Gasteiger partial charge in [-0.3, -0.25) is 0 Å². The predicted octanol–water partition coefficient (Wildman–Crippen LogP) is 7.02. The first-order valence-electron chi connectivity index (χ1n) is 5.76. The molecule has 2 heteroatoms. The van der Waals surface area contributed by atoms with E-state index in [4.69, 9.17) is 23.2 Å². The molecule has 17 heavy (non-hydrogen) atoms. The van der Waals surface area contributed by atoms with Gasteiger partial charge in [-0.15, -0.1) is 0 Å². The van der Waals surface area contributed by atoms with Crippen molar-refractivity contribution in [2.24, 2.45) is 5.92 Å². The fraction of sp³-hybridized carbons (Fsp3) is 0.600. The minimum atomic E-state index is 0. The number of hydrogen-bond donors (Lipinski definition) is 0. The van der Waals surface area contributed by atoms with Crippen LogP contribution < -0.4 is 0 Å². The van der Waals surface area contributed by atoms with E-state index in [-0.39, 0.29) is 7.43 Å². The first kappa shape index (κ1) is 22.0. The third kappa shape index (κ3) is 18.4. The lowest BCUT2D eigenvalue weighted by Gasteiger charge is -1.94. The van der Waals surface area contributed by atoms with Gasteiger partial charge >= 0.3 is 0 Å². The van der Waals surface area contributed by atoms with E-state index in [9.17, 15) is 0 Å². The molecule has 102 valence electrons. The maximum atomic E-state index is 5.68. The van der Waals surface area contributed by atoms with Crippen LogP contribution in [0.2, 0.25) is 10.0 Å². The van der Waals surface area contributed by atoms with E-state index in [1.807, 2.05) is 19.1 Å². The predicted molar refractivity (Wildman–Crippen MR) is 84.4 cm³/mol. The maximum absolute atomic E-state index is 5.68. The molecule has 0 fully saturated rings. The van der Waals surface area contributed by atoms with Crippen molar-refractivity contribution in [2.75, 3.05) is 0 Å². The molecule has 0 spiro atoms. The molecule has 0 nitrogen and oxygen atoms in total. The Kier molecular flexibility index (Phi) is 18.0. The molecule has 1 aromatic rings.